The van der Waals surface area contributed by atoms with Crippen molar-refractivity contribution in [2.45, 2.75) is 44.4 Å². The molecule has 29 heavy (non-hydrogen) atoms. The summed E-state index contributed by atoms with van der Waals surface area (Å²) in [4.78, 5) is 8.62. The van der Waals surface area contributed by atoms with E-state index in [9.17, 15) is 5.11 Å². The average molecular weight is 435 g/mol. The van der Waals surface area contributed by atoms with E-state index in [1.807, 2.05) is 6.07 Å². The second-order valence-corrected chi connectivity index (χ2v) is 8.46. The number of rotatable bonds is 6. The molecule has 3 aromatic rings. The van der Waals surface area contributed by atoms with Gasteiger partial charge in [-0.05, 0) is 25.0 Å². The number of benzene rings is 1. The van der Waals surface area contributed by atoms with E-state index in [-0.39, 0.29) is 24.6 Å². The van der Waals surface area contributed by atoms with Gasteiger partial charge in [-0.25, -0.2) is 9.97 Å². The van der Waals surface area contributed by atoms with Crippen molar-refractivity contribution < 1.29 is 14.6 Å². The molecule has 0 unspecified atom stereocenters. The van der Waals surface area contributed by atoms with Gasteiger partial charge >= 0.3 is 0 Å². The predicted octanol–water partition coefficient (Wildman–Crippen LogP) is 4.23. The van der Waals surface area contributed by atoms with E-state index in [0.717, 1.165) is 46.6 Å². The molecule has 1 aliphatic rings. The van der Waals surface area contributed by atoms with E-state index in [2.05, 4.69) is 15.3 Å². The Morgan fingerprint density at radius 1 is 1.34 bits per heavy atom. The molecule has 0 aliphatic heterocycles. The van der Waals surface area contributed by atoms with Gasteiger partial charge < -0.3 is 25.6 Å². The first-order valence-corrected chi connectivity index (χ1v) is 10.7. The largest absolute Gasteiger partial charge is 0.494 e. The number of nitrogen functional groups attached to an aromatic ring is 1. The van der Waals surface area contributed by atoms with E-state index in [0.29, 0.717) is 16.5 Å². The van der Waals surface area contributed by atoms with Crippen LogP contribution in [-0.4, -0.2) is 34.3 Å². The van der Waals surface area contributed by atoms with Crippen LogP contribution in [0.2, 0.25) is 5.02 Å². The lowest BCUT2D eigenvalue weighted by Crippen LogP contribution is -2.36. The molecule has 0 radical (unpaired) electrons. The fourth-order valence-electron chi connectivity index (χ4n) is 3.49. The van der Waals surface area contributed by atoms with Crippen LogP contribution in [-0.2, 0) is 6.61 Å². The fraction of sp³-hybridized carbons (Fsp3) is 0.400. The van der Waals surface area contributed by atoms with Crippen molar-refractivity contribution in [2.75, 3.05) is 18.2 Å². The number of aliphatic hydroxyl groups excluding tert-OH is 1. The fourth-order valence-corrected chi connectivity index (χ4v) is 4.63. The number of pyridine rings is 1. The highest BCUT2D eigenvalue weighted by Crippen LogP contribution is 2.37. The van der Waals surface area contributed by atoms with Crippen molar-refractivity contribution in [2.24, 2.45) is 0 Å². The molecule has 4 N–H and O–H groups in total. The van der Waals surface area contributed by atoms with E-state index in [1.54, 1.807) is 25.4 Å². The molecule has 2 atom stereocenters. The lowest BCUT2D eigenvalue weighted by Gasteiger charge is -2.27. The summed E-state index contributed by atoms with van der Waals surface area (Å²) in [6.07, 6.45) is 5.22. The Morgan fingerprint density at radius 3 is 2.97 bits per heavy atom. The molecule has 0 spiro atoms. The van der Waals surface area contributed by atoms with Crippen molar-refractivity contribution in [3.63, 3.8) is 0 Å². The zero-order valence-corrected chi connectivity index (χ0v) is 17.6. The SMILES string of the molecule is COc1cc(OCc2ccnc(N)c2Cl)cc2sc(N[C@H]3CCCC[C@@H]3O)nc12. The summed E-state index contributed by atoms with van der Waals surface area (Å²) >= 11 is 7.71. The number of nitrogens with two attached hydrogens (primary N) is 1. The number of ether oxygens (including phenoxy) is 2. The maximum Gasteiger partial charge on any atom is 0.184 e. The summed E-state index contributed by atoms with van der Waals surface area (Å²) in [5.41, 5.74) is 7.28. The Labute approximate surface area is 177 Å². The number of hydrogen-bond donors (Lipinski definition) is 3. The van der Waals surface area contributed by atoms with E-state index >= 15 is 0 Å². The molecule has 2 aromatic heterocycles. The van der Waals surface area contributed by atoms with Crippen molar-refractivity contribution >= 4 is 44.1 Å². The van der Waals surface area contributed by atoms with Gasteiger partial charge in [0, 0.05) is 17.8 Å². The summed E-state index contributed by atoms with van der Waals surface area (Å²) in [5.74, 6) is 1.56. The number of fused-ring (bicyclic) bond motifs is 1. The highest BCUT2D eigenvalue weighted by Gasteiger charge is 2.24. The maximum absolute atomic E-state index is 10.2. The Hall–Kier alpha value is -2.29. The van der Waals surface area contributed by atoms with Crippen molar-refractivity contribution in [3.8, 4) is 11.5 Å². The van der Waals surface area contributed by atoms with Crippen LogP contribution in [0.1, 0.15) is 31.2 Å². The first-order valence-electron chi connectivity index (χ1n) is 9.50. The molecule has 1 saturated carbocycles. The molecule has 7 nitrogen and oxygen atoms in total. The minimum Gasteiger partial charge on any atom is -0.494 e. The molecule has 2 heterocycles. The lowest BCUT2D eigenvalue weighted by molar-refractivity contribution is 0.116. The molecule has 1 aliphatic carbocycles. The molecule has 1 aromatic carbocycles. The van der Waals surface area contributed by atoms with Crippen LogP contribution < -0.4 is 20.5 Å². The molecule has 0 amide bonds. The minimum absolute atomic E-state index is 0.0327. The van der Waals surface area contributed by atoms with Crippen LogP contribution in [0.4, 0.5) is 10.9 Å². The number of thiazole rings is 1. The number of aromatic nitrogens is 2. The molecular weight excluding hydrogens is 412 g/mol. The van der Waals surface area contributed by atoms with Gasteiger partial charge in [0.2, 0.25) is 0 Å². The van der Waals surface area contributed by atoms with E-state index < -0.39 is 0 Å². The Morgan fingerprint density at radius 2 is 2.17 bits per heavy atom. The normalized spacial score (nSPS) is 19.3. The van der Waals surface area contributed by atoms with Gasteiger partial charge in [0.25, 0.3) is 0 Å². The standard InChI is InChI=1S/C20H23ClN4O3S/c1-27-15-8-12(28-10-11-6-7-23-19(22)17(11)21)9-16-18(15)25-20(29-16)24-13-4-2-3-5-14(13)26/h6-9,13-14,26H,2-5,10H2,1H3,(H2,22,23)(H,24,25)/t13-,14-/m0/s1. The van der Waals surface area contributed by atoms with Gasteiger partial charge in [0.15, 0.2) is 5.13 Å². The summed E-state index contributed by atoms with van der Waals surface area (Å²) in [7, 11) is 1.61. The number of hydrogen-bond acceptors (Lipinski definition) is 8. The van der Waals surface area contributed by atoms with Gasteiger partial charge in [-0.15, -0.1) is 0 Å². The predicted molar refractivity (Wildman–Crippen MR) is 116 cm³/mol. The first-order chi connectivity index (χ1) is 14.0. The Bertz CT molecular complexity index is 1010. The van der Waals surface area contributed by atoms with Crippen molar-refractivity contribution in [1.82, 2.24) is 9.97 Å². The molecule has 9 heteroatoms. The molecule has 0 saturated heterocycles. The number of nitrogens with one attached hydrogen (secondary N) is 1. The monoisotopic (exact) mass is 434 g/mol. The quantitative estimate of drug-likeness (QED) is 0.533. The summed E-state index contributed by atoms with van der Waals surface area (Å²) < 4.78 is 12.4. The summed E-state index contributed by atoms with van der Waals surface area (Å²) in [5, 5.41) is 14.8. The second-order valence-electron chi connectivity index (χ2n) is 7.05. The number of nitrogens with zero attached hydrogens (tertiary/aromatic N) is 2. The maximum atomic E-state index is 10.2. The summed E-state index contributed by atoms with van der Waals surface area (Å²) in [6.45, 7) is 0.262. The molecular formula is C20H23ClN4O3S. The number of methoxy groups -OCH3 is 1. The lowest BCUT2D eigenvalue weighted by atomic mass is 9.93. The van der Waals surface area contributed by atoms with Gasteiger partial charge in [0.05, 0.1) is 29.0 Å². The van der Waals surface area contributed by atoms with Gasteiger partial charge in [-0.3, -0.25) is 0 Å². The molecule has 154 valence electrons. The second kappa shape index (κ2) is 8.61. The van der Waals surface area contributed by atoms with Crippen LogP contribution in [0.15, 0.2) is 24.4 Å². The third kappa shape index (κ3) is 4.34. The van der Waals surface area contributed by atoms with E-state index in [1.165, 1.54) is 11.3 Å². The van der Waals surface area contributed by atoms with Crippen molar-refractivity contribution in [3.05, 3.63) is 35.0 Å². The van der Waals surface area contributed by atoms with E-state index in [4.69, 9.17) is 26.8 Å². The van der Waals surface area contributed by atoms with Crippen LogP contribution in [0.3, 0.4) is 0 Å². The highest BCUT2D eigenvalue weighted by molar-refractivity contribution is 7.22. The van der Waals surface area contributed by atoms with Crippen LogP contribution in [0.25, 0.3) is 10.2 Å². The van der Waals surface area contributed by atoms with Gasteiger partial charge in [0.1, 0.15) is 29.4 Å². The molecule has 4 rings (SSSR count). The van der Waals surface area contributed by atoms with Gasteiger partial charge in [-0.2, -0.15) is 0 Å². The van der Waals surface area contributed by atoms with Gasteiger partial charge in [-0.1, -0.05) is 35.8 Å². The highest BCUT2D eigenvalue weighted by atomic mass is 35.5. The number of halogens is 1. The molecule has 1 fully saturated rings. The first kappa shape index (κ1) is 20.0. The Kier molecular flexibility index (Phi) is 5.94. The number of anilines is 2. The zero-order chi connectivity index (χ0) is 20.4. The average Bonchev–Trinajstić information content (AvgIpc) is 3.12. The Balaban J connectivity index is 1.55. The van der Waals surface area contributed by atoms with Crippen molar-refractivity contribution in [1.29, 1.82) is 0 Å². The third-order valence-corrected chi connectivity index (χ3v) is 6.45. The summed E-state index contributed by atoms with van der Waals surface area (Å²) in [6, 6.07) is 5.54. The smallest absolute Gasteiger partial charge is 0.184 e. The minimum atomic E-state index is -0.339. The van der Waals surface area contributed by atoms with Crippen LogP contribution in [0, 0.1) is 0 Å². The number of aliphatic hydroxyl groups is 1. The topological polar surface area (TPSA) is 103 Å². The van der Waals surface area contributed by atoms with Crippen LogP contribution >= 0.6 is 22.9 Å². The zero-order valence-electron chi connectivity index (χ0n) is 16.0. The van der Waals surface area contributed by atoms with Crippen LogP contribution in [0.5, 0.6) is 11.5 Å². The third-order valence-electron chi connectivity index (χ3n) is 5.08. The molecule has 0 bridgehead atoms.